The van der Waals surface area contributed by atoms with Gasteiger partial charge in [-0.3, -0.25) is 9.69 Å². The largest absolute Gasteiger partial charge is 0.573 e. The van der Waals surface area contributed by atoms with Gasteiger partial charge in [0.15, 0.2) is 0 Å². The van der Waals surface area contributed by atoms with E-state index in [0.29, 0.717) is 30.3 Å². The van der Waals surface area contributed by atoms with Gasteiger partial charge in [0, 0.05) is 37.8 Å². The van der Waals surface area contributed by atoms with E-state index < -0.39 is 6.36 Å². The fourth-order valence-electron chi connectivity index (χ4n) is 3.30. The highest BCUT2D eigenvalue weighted by Gasteiger charge is 2.31. The second-order valence-electron chi connectivity index (χ2n) is 7.07. The molecule has 0 N–H and O–H groups in total. The summed E-state index contributed by atoms with van der Waals surface area (Å²) in [6.07, 6.45) is -4.71. The maximum Gasteiger partial charge on any atom is 0.573 e. The van der Waals surface area contributed by atoms with E-state index in [4.69, 9.17) is 0 Å². The lowest BCUT2D eigenvalue weighted by atomic mass is 10.0. The monoisotopic (exact) mass is 392 g/mol. The van der Waals surface area contributed by atoms with E-state index in [2.05, 4.69) is 23.5 Å². The van der Waals surface area contributed by atoms with Gasteiger partial charge >= 0.3 is 6.36 Å². The number of ether oxygens (including phenoxy) is 1. The first kappa shape index (κ1) is 20.2. The maximum absolute atomic E-state index is 12.8. The average Bonchev–Trinajstić information content (AvgIpc) is 2.67. The number of alkyl halides is 3. The number of piperazine rings is 1. The van der Waals surface area contributed by atoms with E-state index in [1.54, 1.807) is 30.3 Å². The third kappa shape index (κ3) is 5.04. The molecule has 0 aromatic heterocycles. The standard InChI is InChI=1S/C21H23F3N2O2/c1-15(2)25-10-12-26(13-11-25)20(27)18-5-3-4-17(14-18)16-6-8-19(9-7-16)28-21(22,23)24/h3-9,14-15H,10-13H2,1-2H3. The van der Waals surface area contributed by atoms with Crippen LogP contribution in [0.5, 0.6) is 5.75 Å². The highest BCUT2D eigenvalue weighted by atomic mass is 19.4. The number of carbonyl (C=O) groups is 1. The molecule has 4 nitrogen and oxygen atoms in total. The molecular weight excluding hydrogens is 369 g/mol. The van der Waals surface area contributed by atoms with Crippen LogP contribution in [-0.2, 0) is 0 Å². The molecule has 0 bridgehead atoms. The van der Waals surface area contributed by atoms with Crippen molar-refractivity contribution in [3.05, 3.63) is 54.1 Å². The Morgan fingerprint density at radius 2 is 1.61 bits per heavy atom. The summed E-state index contributed by atoms with van der Waals surface area (Å²) in [5.74, 6) is -0.297. The van der Waals surface area contributed by atoms with Gasteiger partial charge in [-0.05, 0) is 49.2 Å². The molecular formula is C21H23F3N2O2. The molecule has 2 aromatic carbocycles. The van der Waals surface area contributed by atoms with E-state index >= 15 is 0 Å². The zero-order valence-electron chi connectivity index (χ0n) is 15.9. The number of halogens is 3. The van der Waals surface area contributed by atoms with Crippen molar-refractivity contribution < 1.29 is 22.7 Å². The molecule has 0 atom stereocenters. The molecule has 0 spiro atoms. The summed E-state index contributed by atoms with van der Waals surface area (Å²) < 4.78 is 40.7. The van der Waals surface area contributed by atoms with Crippen LogP contribution in [0.2, 0.25) is 0 Å². The van der Waals surface area contributed by atoms with Crippen LogP contribution in [0, 0.1) is 0 Å². The third-order valence-electron chi connectivity index (χ3n) is 4.86. The van der Waals surface area contributed by atoms with Gasteiger partial charge in [-0.1, -0.05) is 24.3 Å². The van der Waals surface area contributed by atoms with Crippen LogP contribution in [0.1, 0.15) is 24.2 Å². The van der Waals surface area contributed by atoms with Crippen molar-refractivity contribution in [3.8, 4) is 16.9 Å². The average molecular weight is 392 g/mol. The molecule has 150 valence electrons. The smallest absolute Gasteiger partial charge is 0.406 e. The molecule has 1 heterocycles. The lowest BCUT2D eigenvalue weighted by molar-refractivity contribution is -0.274. The lowest BCUT2D eigenvalue weighted by Crippen LogP contribution is -2.50. The molecule has 2 aromatic rings. The first-order valence-electron chi connectivity index (χ1n) is 9.22. The van der Waals surface area contributed by atoms with Crippen LogP contribution in [0.25, 0.3) is 11.1 Å². The van der Waals surface area contributed by atoms with E-state index in [1.165, 1.54) is 12.1 Å². The number of benzene rings is 2. The Morgan fingerprint density at radius 3 is 2.18 bits per heavy atom. The van der Waals surface area contributed by atoms with Gasteiger partial charge in [-0.2, -0.15) is 0 Å². The van der Waals surface area contributed by atoms with Crippen molar-refractivity contribution in [3.63, 3.8) is 0 Å². The van der Waals surface area contributed by atoms with Gasteiger partial charge in [0.25, 0.3) is 5.91 Å². The van der Waals surface area contributed by atoms with Gasteiger partial charge in [-0.15, -0.1) is 13.2 Å². The summed E-state index contributed by atoms with van der Waals surface area (Å²) in [5, 5.41) is 0. The molecule has 1 aliphatic rings. The predicted octanol–water partition coefficient (Wildman–Crippen LogP) is 4.42. The first-order valence-corrected chi connectivity index (χ1v) is 9.22. The van der Waals surface area contributed by atoms with E-state index in [9.17, 15) is 18.0 Å². The number of rotatable bonds is 4. The number of hydrogen-bond acceptors (Lipinski definition) is 3. The molecule has 0 radical (unpaired) electrons. The number of nitrogens with zero attached hydrogens (tertiary/aromatic N) is 2. The summed E-state index contributed by atoms with van der Waals surface area (Å²) in [4.78, 5) is 17.0. The molecule has 7 heteroatoms. The molecule has 1 amide bonds. The number of hydrogen-bond donors (Lipinski definition) is 0. The Morgan fingerprint density at radius 1 is 0.964 bits per heavy atom. The van der Waals surface area contributed by atoms with E-state index in [-0.39, 0.29) is 11.7 Å². The summed E-state index contributed by atoms with van der Waals surface area (Å²) in [6, 6.07) is 13.2. The van der Waals surface area contributed by atoms with Crippen LogP contribution in [0.3, 0.4) is 0 Å². The minimum absolute atomic E-state index is 0.0257. The van der Waals surface area contributed by atoms with Crippen LogP contribution in [-0.4, -0.2) is 54.3 Å². The molecule has 1 fully saturated rings. The summed E-state index contributed by atoms with van der Waals surface area (Å²) in [7, 11) is 0. The van der Waals surface area contributed by atoms with Crippen LogP contribution in [0.4, 0.5) is 13.2 Å². The molecule has 1 saturated heterocycles. The molecule has 3 rings (SSSR count). The predicted molar refractivity (Wildman–Crippen MR) is 101 cm³/mol. The molecule has 0 aliphatic carbocycles. The maximum atomic E-state index is 12.8. The zero-order valence-corrected chi connectivity index (χ0v) is 15.9. The highest BCUT2D eigenvalue weighted by molar-refractivity contribution is 5.95. The topological polar surface area (TPSA) is 32.8 Å². The Kier molecular flexibility index (Phi) is 5.93. The summed E-state index contributed by atoms with van der Waals surface area (Å²) >= 11 is 0. The molecule has 1 aliphatic heterocycles. The van der Waals surface area contributed by atoms with E-state index in [0.717, 1.165) is 18.7 Å². The van der Waals surface area contributed by atoms with E-state index in [1.807, 2.05) is 11.0 Å². The van der Waals surface area contributed by atoms with Crippen LogP contribution < -0.4 is 4.74 Å². The lowest BCUT2D eigenvalue weighted by Gasteiger charge is -2.37. The highest BCUT2D eigenvalue weighted by Crippen LogP contribution is 2.27. The zero-order chi connectivity index (χ0) is 20.3. The van der Waals surface area contributed by atoms with Crippen LogP contribution >= 0.6 is 0 Å². The van der Waals surface area contributed by atoms with Gasteiger partial charge in [0.2, 0.25) is 0 Å². The van der Waals surface area contributed by atoms with Gasteiger partial charge in [-0.25, -0.2) is 0 Å². The van der Waals surface area contributed by atoms with Crippen molar-refractivity contribution in [2.45, 2.75) is 26.3 Å². The van der Waals surface area contributed by atoms with Crippen molar-refractivity contribution in [1.82, 2.24) is 9.80 Å². The van der Waals surface area contributed by atoms with Gasteiger partial charge < -0.3 is 9.64 Å². The third-order valence-corrected chi connectivity index (χ3v) is 4.86. The molecule has 28 heavy (non-hydrogen) atoms. The molecule has 0 saturated carbocycles. The number of amides is 1. The summed E-state index contributed by atoms with van der Waals surface area (Å²) in [6.45, 7) is 7.36. The Hall–Kier alpha value is -2.54. The Bertz CT molecular complexity index is 811. The first-order chi connectivity index (χ1) is 13.2. The number of carbonyl (C=O) groups excluding carboxylic acids is 1. The normalized spacial score (nSPS) is 15.7. The van der Waals surface area contributed by atoms with Crippen molar-refractivity contribution in [2.24, 2.45) is 0 Å². The fourth-order valence-corrected chi connectivity index (χ4v) is 3.30. The summed E-state index contributed by atoms with van der Waals surface area (Å²) in [5.41, 5.74) is 2.06. The second-order valence-corrected chi connectivity index (χ2v) is 7.07. The SMILES string of the molecule is CC(C)N1CCN(C(=O)c2cccc(-c3ccc(OC(F)(F)F)cc3)c2)CC1. The molecule has 0 unspecified atom stereocenters. The van der Waals surface area contributed by atoms with Crippen molar-refractivity contribution in [2.75, 3.05) is 26.2 Å². The second kappa shape index (κ2) is 8.22. The van der Waals surface area contributed by atoms with Crippen molar-refractivity contribution in [1.29, 1.82) is 0 Å². The minimum atomic E-state index is -4.71. The van der Waals surface area contributed by atoms with Crippen molar-refractivity contribution >= 4 is 5.91 Å². The Labute approximate surface area is 162 Å². The van der Waals surface area contributed by atoms with Crippen LogP contribution in [0.15, 0.2) is 48.5 Å². The minimum Gasteiger partial charge on any atom is -0.406 e. The van der Waals surface area contributed by atoms with Gasteiger partial charge in [0.05, 0.1) is 0 Å². The quantitative estimate of drug-likeness (QED) is 0.772. The van der Waals surface area contributed by atoms with Gasteiger partial charge in [0.1, 0.15) is 5.75 Å². The Balaban J connectivity index is 1.71. The fraction of sp³-hybridized carbons (Fsp3) is 0.381.